The highest BCUT2D eigenvalue weighted by Crippen LogP contribution is 2.47. The standard InChI is InChI=1S/C20H16F2N4OS/c1-12-3-5-13(6-4-12)26-19(28)25(18(27)20(26)7-2-8-20)14-9-15(17(21)22)16(10-23)24-11-14/h3-6,9,11,17H,2,7-8H2,1H3. The number of carbonyl (C=O) groups excluding carboxylic acids is 1. The Bertz CT molecular complexity index is 1010. The van der Waals surface area contributed by atoms with Crippen LogP contribution >= 0.6 is 12.2 Å². The molecule has 0 radical (unpaired) electrons. The summed E-state index contributed by atoms with van der Waals surface area (Å²) in [5.74, 6) is -0.240. The molecule has 142 valence electrons. The van der Waals surface area contributed by atoms with Crippen LogP contribution in [0.4, 0.5) is 20.2 Å². The van der Waals surface area contributed by atoms with Gasteiger partial charge in [0.15, 0.2) is 5.11 Å². The van der Waals surface area contributed by atoms with E-state index in [1.807, 2.05) is 36.1 Å². The number of thiocarbonyl (C=S) groups is 1. The van der Waals surface area contributed by atoms with Crippen LogP contribution in [0.2, 0.25) is 0 Å². The maximum atomic E-state index is 13.3. The van der Waals surface area contributed by atoms with Crippen LogP contribution < -0.4 is 9.80 Å². The number of amides is 1. The van der Waals surface area contributed by atoms with Gasteiger partial charge < -0.3 is 4.90 Å². The second-order valence-corrected chi connectivity index (χ2v) is 7.39. The van der Waals surface area contributed by atoms with Gasteiger partial charge in [-0.3, -0.25) is 9.69 Å². The molecule has 1 amide bonds. The first kappa shape index (κ1) is 18.4. The Morgan fingerprint density at radius 1 is 1.25 bits per heavy atom. The molecule has 0 unspecified atom stereocenters. The molecule has 28 heavy (non-hydrogen) atoms. The van der Waals surface area contributed by atoms with Gasteiger partial charge in [-0.2, -0.15) is 5.26 Å². The number of rotatable bonds is 3. The number of aryl methyl sites for hydroxylation is 1. The van der Waals surface area contributed by atoms with E-state index in [1.165, 1.54) is 11.1 Å². The average molecular weight is 398 g/mol. The monoisotopic (exact) mass is 398 g/mol. The van der Waals surface area contributed by atoms with Crippen LogP contribution in [0.1, 0.15) is 42.5 Å². The molecule has 1 aromatic carbocycles. The smallest absolute Gasteiger partial charge is 0.266 e. The van der Waals surface area contributed by atoms with Gasteiger partial charge in [-0.25, -0.2) is 13.8 Å². The predicted octanol–water partition coefficient (Wildman–Crippen LogP) is 4.26. The lowest BCUT2D eigenvalue weighted by Crippen LogP contribution is -2.55. The fraction of sp³-hybridized carbons (Fsp3) is 0.300. The second-order valence-electron chi connectivity index (χ2n) is 7.02. The van der Waals surface area contributed by atoms with Crippen LogP contribution in [0, 0.1) is 18.3 Å². The lowest BCUT2D eigenvalue weighted by molar-refractivity contribution is -0.123. The van der Waals surface area contributed by atoms with E-state index in [0.29, 0.717) is 12.8 Å². The van der Waals surface area contributed by atoms with Gasteiger partial charge in [-0.05, 0) is 56.6 Å². The van der Waals surface area contributed by atoms with Gasteiger partial charge in [0.2, 0.25) is 0 Å². The van der Waals surface area contributed by atoms with Crippen molar-refractivity contribution in [2.24, 2.45) is 0 Å². The summed E-state index contributed by atoms with van der Waals surface area (Å²) >= 11 is 5.61. The molecule has 1 aliphatic carbocycles. The van der Waals surface area contributed by atoms with Crippen LogP contribution in [0.3, 0.4) is 0 Å². The highest BCUT2D eigenvalue weighted by atomic mass is 32.1. The van der Waals surface area contributed by atoms with E-state index in [1.54, 1.807) is 6.07 Å². The number of nitriles is 1. The van der Waals surface area contributed by atoms with E-state index in [-0.39, 0.29) is 22.4 Å². The Hall–Kier alpha value is -2.92. The van der Waals surface area contributed by atoms with Crippen LogP contribution in [0.25, 0.3) is 0 Å². The van der Waals surface area contributed by atoms with Crippen molar-refractivity contribution in [3.8, 4) is 6.07 Å². The van der Waals surface area contributed by atoms with E-state index in [0.717, 1.165) is 23.7 Å². The Morgan fingerprint density at radius 2 is 1.93 bits per heavy atom. The fourth-order valence-electron chi connectivity index (χ4n) is 3.75. The van der Waals surface area contributed by atoms with E-state index in [9.17, 15) is 13.6 Å². The van der Waals surface area contributed by atoms with Crippen molar-refractivity contribution in [2.75, 3.05) is 9.80 Å². The second kappa shape index (κ2) is 6.60. The molecule has 0 atom stereocenters. The molecule has 2 fully saturated rings. The number of benzene rings is 1. The maximum absolute atomic E-state index is 13.3. The van der Waals surface area contributed by atoms with Crippen molar-refractivity contribution < 1.29 is 13.6 Å². The first-order valence-electron chi connectivity index (χ1n) is 8.82. The normalized spacial score (nSPS) is 18.0. The average Bonchev–Trinajstić information content (AvgIpc) is 2.89. The highest BCUT2D eigenvalue weighted by molar-refractivity contribution is 7.81. The van der Waals surface area contributed by atoms with Crippen molar-refractivity contribution in [3.05, 3.63) is 53.3 Å². The van der Waals surface area contributed by atoms with Crippen LogP contribution in [-0.4, -0.2) is 21.5 Å². The summed E-state index contributed by atoms with van der Waals surface area (Å²) in [6, 6.07) is 10.5. The van der Waals surface area contributed by atoms with Gasteiger partial charge in [-0.1, -0.05) is 17.7 Å². The summed E-state index contributed by atoms with van der Waals surface area (Å²) in [7, 11) is 0. The van der Waals surface area contributed by atoms with E-state index >= 15 is 0 Å². The summed E-state index contributed by atoms with van der Waals surface area (Å²) in [6.45, 7) is 1.97. The topological polar surface area (TPSA) is 60.2 Å². The van der Waals surface area contributed by atoms with Crippen molar-refractivity contribution in [3.63, 3.8) is 0 Å². The molecule has 0 bridgehead atoms. The number of aromatic nitrogens is 1. The molecule has 4 rings (SSSR count). The molecule has 0 N–H and O–H groups in total. The first-order chi connectivity index (χ1) is 13.4. The Kier molecular flexibility index (Phi) is 4.35. The van der Waals surface area contributed by atoms with E-state index in [4.69, 9.17) is 17.5 Å². The van der Waals surface area contributed by atoms with Crippen molar-refractivity contribution in [1.82, 2.24) is 4.98 Å². The largest absolute Gasteiger partial charge is 0.303 e. The zero-order chi connectivity index (χ0) is 20.1. The predicted molar refractivity (Wildman–Crippen MR) is 104 cm³/mol. The van der Waals surface area contributed by atoms with Crippen LogP contribution in [0.15, 0.2) is 36.5 Å². The molecule has 2 aromatic rings. The molecule has 1 saturated carbocycles. The first-order valence-corrected chi connectivity index (χ1v) is 9.23. The summed E-state index contributed by atoms with van der Waals surface area (Å²) in [5, 5.41) is 9.25. The van der Waals surface area contributed by atoms with E-state index < -0.39 is 17.5 Å². The zero-order valence-electron chi connectivity index (χ0n) is 15.0. The summed E-state index contributed by atoms with van der Waals surface area (Å²) in [4.78, 5) is 20.2. The van der Waals surface area contributed by atoms with Crippen molar-refractivity contribution in [2.45, 2.75) is 38.2 Å². The third kappa shape index (κ3) is 2.58. The lowest BCUT2D eigenvalue weighted by atomic mass is 9.75. The van der Waals surface area contributed by atoms with Gasteiger partial charge in [0.25, 0.3) is 12.3 Å². The summed E-state index contributed by atoms with van der Waals surface area (Å²) in [5.41, 5.74) is 0.382. The highest BCUT2D eigenvalue weighted by Gasteiger charge is 2.59. The molecular weight excluding hydrogens is 382 g/mol. The Labute approximate surface area is 166 Å². The van der Waals surface area contributed by atoms with Crippen LogP contribution in [-0.2, 0) is 4.79 Å². The Morgan fingerprint density at radius 3 is 2.46 bits per heavy atom. The molecule has 8 heteroatoms. The molecule has 1 spiro atoms. The fourth-order valence-corrected chi connectivity index (χ4v) is 4.22. The van der Waals surface area contributed by atoms with Gasteiger partial charge in [0, 0.05) is 5.69 Å². The Balaban J connectivity index is 1.80. The van der Waals surface area contributed by atoms with Crippen LogP contribution in [0.5, 0.6) is 0 Å². The van der Waals surface area contributed by atoms with Gasteiger partial charge in [0.05, 0.1) is 17.4 Å². The maximum Gasteiger partial charge on any atom is 0.266 e. The van der Waals surface area contributed by atoms with E-state index in [2.05, 4.69) is 4.98 Å². The zero-order valence-corrected chi connectivity index (χ0v) is 15.8. The quantitative estimate of drug-likeness (QED) is 0.723. The SMILES string of the molecule is Cc1ccc(N2C(=S)N(c3cnc(C#N)c(C(F)F)c3)C(=O)C23CCC3)cc1. The molecular formula is C20H16F2N4OS. The van der Waals surface area contributed by atoms with Gasteiger partial charge in [-0.15, -0.1) is 0 Å². The molecule has 1 aliphatic heterocycles. The number of anilines is 2. The number of halogens is 2. The molecule has 2 aliphatic rings. The third-order valence-corrected chi connectivity index (χ3v) is 5.75. The summed E-state index contributed by atoms with van der Waals surface area (Å²) < 4.78 is 26.7. The third-order valence-electron chi connectivity index (χ3n) is 5.39. The number of alkyl halides is 2. The number of carbonyl (C=O) groups is 1. The molecule has 1 saturated heterocycles. The molecule has 1 aromatic heterocycles. The lowest BCUT2D eigenvalue weighted by Gasteiger charge is -2.43. The minimum absolute atomic E-state index is 0.158. The number of nitrogens with zero attached hydrogens (tertiary/aromatic N) is 4. The van der Waals surface area contributed by atoms with Gasteiger partial charge in [0.1, 0.15) is 17.3 Å². The number of hydrogen-bond acceptors (Lipinski definition) is 4. The summed E-state index contributed by atoms with van der Waals surface area (Å²) in [6.07, 6.45) is 0.543. The number of pyridine rings is 1. The van der Waals surface area contributed by atoms with Crippen molar-refractivity contribution in [1.29, 1.82) is 5.26 Å². The minimum Gasteiger partial charge on any atom is -0.303 e. The molecule has 2 heterocycles. The number of hydrogen-bond donors (Lipinski definition) is 0. The minimum atomic E-state index is -2.88. The molecule has 5 nitrogen and oxygen atoms in total. The van der Waals surface area contributed by atoms with Gasteiger partial charge >= 0.3 is 0 Å². The van der Waals surface area contributed by atoms with Crippen molar-refractivity contribution >= 4 is 34.6 Å².